The number of benzene rings is 3. The van der Waals surface area contributed by atoms with E-state index in [1.165, 1.54) is 36.4 Å². The average Bonchev–Trinajstić information content (AvgIpc) is 2.99. The van der Waals surface area contributed by atoms with Crippen molar-refractivity contribution in [1.29, 1.82) is 0 Å². The summed E-state index contributed by atoms with van der Waals surface area (Å²) in [7, 11) is -19.1. The lowest BCUT2D eigenvalue weighted by atomic mass is 10.1. The molecule has 3 rings (SSSR count). The Kier molecular flexibility index (Phi) is 11.9. The van der Waals surface area contributed by atoms with Gasteiger partial charge >= 0.3 is 0 Å². The minimum Gasteiger partial charge on any atom is -0.505 e. The first-order valence-corrected chi connectivity index (χ1v) is 18.8. The Hall–Kier alpha value is -5.20. The Morgan fingerprint density at radius 1 is 0.740 bits per heavy atom. The average molecular weight is 768 g/mol. The van der Waals surface area contributed by atoms with E-state index in [0.29, 0.717) is 0 Å². The van der Waals surface area contributed by atoms with Crippen LogP contribution in [0.5, 0.6) is 5.75 Å². The molecule has 50 heavy (non-hydrogen) atoms. The van der Waals surface area contributed by atoms with E-state index in [1.807, 2.05) is 0 Å². The van der Waals surface area contributed by atoms with E-state index in [1.54, 1.807) is 0 Å². The summed E-state index contributed by atoms with van der Waals surface area (Å²) >= 11 is 0. The lowest BCUT2D eigenvalue weighted by Crippen LogP contribution is -2.04. The predicted molar refractivity (Wildman–Crippen MR) is 180 cm³/mol. The molecule has 0 amide bonds. The summed E-state index contributed by atoms with van der Waals surface area (Å²) in [6.07, 6.45) is 7.77. The van der Waals surface area contributed by atoms with Crippen molar-refractivity contribution >= 4 is 68.3 Å². The Labute approximate surface area is 285 Å². The number of hydrogen-bond donors (Lipinski definition) is 6. The summed E-state index contributed by atoms with van der Waals surface area (Å²) in [5.41, 5.74) is 4.31. The zero-order valence-corrected chi connectivity index (χ0v) is 28.3. The monoisotopic (exact) mass is 767 g/mol. The number of rotatable bonds is 13. The van der Waals surface area contributed by atoms with Gasteiger partial charge < -0.3 is 10.8 Å². The molecule has 0 aliphatic carbocycles. The molecule has 264 valence electrons. The van der Waals surface area contributed by atoms with Crippen LogP contribution in [0.25, 0.3) is 10.8 Å². The molecule has 0 spiro atoms. The van der Waals surface area contributed by atoms with E-state index >= 15 is 0 Å². The van der Waals surface area contributed by atoms with Crippen LogP contribution in [0.1, 0.15) is 0 Å². The molecule has 3 aromatic rings. The molecule has 0 aliphatic rings. The second-order valence-electron chi connectivity index (χ2n) is 9.55. The van der Waals surface area contributed by atoms with Crippen LogP contribution in [0, 0.1) is 0 Å². The van der Waals surface area contributed by atoms with Gasteiger partial charge in [0.2, 0.25) is 0 Å². The summed E-state index contributed by atoms with van der Waals surface area (Å²) in [4.78, 5) is -2.77. The quantitative estimate of drug-likeness (QED) is 0.0563. The molecule has 0 bridgehead atoms. The number of hydrogen-bond acceptors (Lipinski definition) is 14. The molecular formula is C28H25N5O13S4. The maximum Gasteiger partial charge on any atom is 0.296 e. The largest absolute Gasteiger partial charge is 0.505 e. The van der Waals surface area contributed by atoms with Gasteiger partial charge in [-0.15, -0.1) is 5.11 Å². The molecular weight excluding hydrogens is 743 g/mol. The first-order chi connectivity index (χ1) is 23.0. The van der Waals surface area contributed by atoms with Crippen molar-refractivity contribution in [2.45, 2.75) is 14.7 Å². The number of nitrogen functional groups attached to an aromatic ring is 1. The number of phenolic OH excluding ortho intramolecular Hbond substituents is 1. The molecule has 0 unspecified atom stereocenters. The second-order valence-corrected chi connectivity index (χ2v) is 15.2. The van der Waals surface area contributed by atoms with Crippen LogP contribution in [-0.4, -0.2) is 57.0 Å². The molecule has 0 fully saturated rings. The van der Waals surface area contributed by atoms with Crippen molar-refractivity contribution in [3.8, 4) is 5.75 Å². The highest BCUT2D eigenvalue weighted by Gasteiger charge is 2.24. The zero-order valence-electron chi connectivity index (χ0n) is 25.0. The standard InChI is InChI=1S/C28H25N5O13S4/c1-3-21(47(35,36)37)7-5-4-6-19(9-8-17(2)30-31-20-10-12-22(13-11-20)48(38,39)40)32-33-27-26(50(44,45)46)15-18-14-25(49(41,42)43)24(29)16-23(18)28(27)34/h3-16,34H,1-2,29H2,(H,35,36,37)(H,38,39,40)(H,41,42,43)(H,44,45,46)/b5-4-,9-8-,19-6+,21-7+,31-30?,33-32?. The van der Waals surface area contributed by atoms with Crippen molar-refractivity contribution in [3.63, 3.8) is 0 Å². The van der Waals surface area contributed by atoms with E-state index in [9.17, 15) is 52.4 Å². The highest BCUT2D eigenvalue weighted by Crippen LogP contribution is 2.43. The molecule has 0 saturated carbocycles. The summed E-state index contributed by atoms with van der Waals surface area (Å²) in [6, 6.07) is 7.05. The van der Waals surface area contributed by atoms with Gasteiger partial charge in [0.15, 0.2) is 5.75 Å². The summed E-state index contributed by atoms with van der Waals surface area (Å²) in [5, 5.41) is 25.7. The molecule has 7 N–H and O–H groups in total. The SMILES string of the molecule is C=C\C(=C/C=C\C=C(/C=C\C(=C)N=Nc1ccc(S(=O)(=O)O)cc1)N=Nc1c(S(=O)(=O)O)cc2cc(S(=O)(=O)O)c(N)cc2c1O)S(=O)(=O)O. The zero-order chi connectivity index (χ0) is 37.7. The van der Waals surface area contributed by atoms with Gasteiger partial charge in [-0.05, 0) is 78.2 Å². The predicted octanol–water partition coefficient (Wildman–Crippen LogP) is 5.20. The number of aromatic hydroxyl groups is 1. The molecule has 0 heterocycles. The van der Waals surface area contributed by atoms with Crippen LogP contribution in [0.15, 0.2) is 150 Å². The molecule has 0 aromatic heterocycles. The molecule has 0 radical (unpaired) electrons. The Balaban J connectivity index is 2.12. The summed E-state index contributed by atoms with van der Waals surface area (Å²) in [6.45, 7) is 6.94. The number of fused-ring (bicyclic) bond motifs is 1. The summed E-state index contributed by atoms with van der Waals surface area (Å²) < 4.78 is 131. The maximum absolute atomic E-state index is 12.2. The van der Waals surface area contributed by atoms with Crippen molar-refractivity contribution in [3.05, 3.63) is 114 Å². The maximum atomic E-state index is 12.2. The molecule has 22 heteroatoms. The Bertz CT molecular complexity index is 2520. The Morgan fingerprint density at radius 2 is 1.32 bits per heavy atom. The minimum absolute atomic E-state index is 0.0357. The fourth-order valence-electron chi connectivity index (χ4n) is 3.72. The van der Waals surface area contributed by atoms with Gasteiger partial charge in [-0.1, -0.05) is 25.3 Å². The third-order valence-corrected chi connectivity index (χ3v) is 9.56. The van der Waals surface area contributed by atoms with E-state index in [0.717, 1.165) is 48.6 Å². The van der Waals surface area contributed by atoms with Crippen LogP contribution in [0.4, 0.5) is 17.1 Å². The molecule has 0 atom stereocenters. The fraction of sp³-hybridized carbons (Fsp3) is 0. The van der Waals surface area contributed by atoms with Gasteiger partial charge in [0, 0.05) is 5.39 Å². The van der Waals surface area contributed by atoms with Gasteiger partial charge in [-0.25, -0.2) is 0 Å². The minimum atomic E-state index is -5.17. The lowest BCUT2D eigenvalue weighted by Gasteiger charge is -2.11. The topological polar surface area (TPSA) is 313 Å². The van der Waals surface area contributed by atoms with Crippen molar-refractivity contribution in [2.24, 2.45) is 20.5 Å². The third-order valence-electron chi connectivity index (χ3n) is 6.02. The molecule has 3 aromatic carbocycles. The first kappa shape index (κ1) is 39.2. The highest BCUT2D eigenvalue weighted by molar-refractivity contribution is 7.90. The van der Waals surface area contributed by atoms with E-state index in [-0.39, 0.29) is 32.7 Å². The van der Waals surface area contributed by atoms with Crippen molar-refractivity contribution in [1.82, 2.24) is 0 Å². The second kappa shape index (κ2) is 15.1. The van der Waals surface area contributed by atoms with E-state index < -0.39 is 72.3 Å². The number of nitrogens with two attached hydrogens (primary N) is 1. The number of allylic oxidation sites excluding steroid dienone is 7. The normalized spacial score (nSPS) is 14.1. The van der Waals surface area contributed by atoms with Crippen molar-refractivity contribution < 1.29 is 57.0 Å². The fourth-order valence-corrected chi connectivity index (χ4v) is 5.95. The number of azo groups is 2. The number of anilines is 1. The third kappa shape index (κ3) is 10.4. The van der Waals surface area contributed by atoms with Crippen LogP contribution >= 0.6 is 0 Å². The first-order valence-electron chi connectivity index (χ1n) is 13.0. The smallest absolute Gasteiger partial charge is 0.296 e. The number of phenols is 1. The van der Waals surface area contributed by atoms with Gasteiger partial charge in [0.05, 0.1) is 32.6 Å². The molecule has 18 nitrogen and oxygen atoms in total. The summed E-state index contributed by atoms with van der Waals surface area (Å²) in [5.74, 6) is -0.920. The van der Waals surface area contributed by atoms with Gasteiger partial charge in [0.1, 0.15) is 15.5 Å². The molecule has 0 saturated heterocycles. The van der Waals surface area contributed by atoms with E-state index in [4.69, 9.17) is 10.3 Å². The number of nitrogens with zero attached hydrogens (tertiary/aromatic N) is 4. The van der Waals surface area contributed by atoms with Crippen LogP contribution < -0.4 is 5.73 Å². The van der Waals surface area contributed by atoms with Crippen LogP contribution in [-0.2, 0) is 40.5 Å². The van der Waals surface area contributed by atoms with E-state index in [2.05, 4.69) is 33.6 Å². The van der Waals surface area contributed by atoms with Gasteiger partial charge in [-0.2, -0.15) is 49.0 Å². The molecule has 0 aliphatic heterocycles. The highest BCUT2D eigenvalue weighted by atomic mass is 32.2. The Morgan fingerprint density at radius 3 is 1.86 bits per heavy atom. The lowest BCUT2D eigenvalue weighted by molar-refractivity contribution is 0.472. The van der Waals surface area contributed by atoms with Crippen LogP contribution in [0.2, 0.25) is 0 Å². The van der Waals surface area contributed by atoms with Crippen LogP contribution in [0.3, 0.4) is 0 Å². The van der Waals surface area contributed by atoms with Gasteiger partial charge in [-0.3, -0.25) is 18.2 Å². The van der Waals surface area contributed by atoms with Crippen molar-refractivity contribution in [2.75, 3.05) is 5.73 Å². The van der Waals surface area contributed by atoms with Gasteiger partial charge in [0.25, 0.3) is 40.5 Å².